The maximum Gasteiger partial charge on any atom is 0.191 e. The molecule has 2 atom stereocenters. The Morgan fingerprint density at radius 2 is 2.36 bits per heavy atom. The first-order chi connectivity index (χ1) is 13.3. The number of pyridine rings is 1. The van der Waals surface area contributed by atoms with Crippen LogP contribution in [0, 0.1) is 5.82 Å². The molecule has 0 radical (unpaired) electrons. The Hall–Kier alpha value is -1.20. The molecule has 3 rings (SSSR count). The van der Waals surface area contributed by atoms with Gasteiger partial charge in [-0.25, -0.2) is 9.37 Å². The molecule has 1 aromatic heterocycles. The third kappa shape index (κ3) is 7.00. The number of aliphatic imine (C=N–C) groups is 1. The number of halogens is 2. The van der Waals surface area contributed by atoms with Crippen LogP contribution in [0.15, 0.2) is 23.3 Å². The summed E-state index contributed by atoms with van der Waals surface area (Å²) in [5.41, 5.74) is 0. The summed E-state index contributed by atoms with van der Waals surface area (Å²) in [6, 6.07) is 3.28. The van der Waals surface area contributed by atoms with Crippen molar-refractivity contribution in [2.75, 3.05) is 51.4 Å². The predicted molar refractivity (Wildman–Crippen MR) is 119 cm³/mol. The van der Waals surface area contributed by atoms with Crippen LogP contribution >= 0.6 is 24.0 Å². The quantitative estimate of drug-likeness (QED) is 0.243. The van der Waals surface area contributed by atoms with Gasteiger partial charge in [0.25, 0.3) is 0 Å². The van der Waals surface area contributed by atoms with Crippen LogP contribution in [0.25, 0.3) is 0 Å². The van der Waals surface area contributed by atoms with Gasteiger partial charge in [-0.1, -0.05) is 0 Å². The summed E-state index contributed by atoms with van der Waals surface area (Å²) in [6.07, 6.45) is 5.98. The highest BCUT2D eigenvalue weighted by molar-refractivity contribution is 14.0. The van der Waals surface area contributed by atoms with Crippen molar-refractivity contribution in [1.29, 1.82) is 0 Å². The van der Waals surface area contributed by atoms with Gasteiger partial charge < -0.3 is 25.0 Å². The normalized spacial score (nSPS) is 22.2. The Morgan fingerprint density at radius 3 is 3.11 bits per heavy atom. The zero-order valence-corrected chi connectivity index (χ0v) is 18.7. The lowest BCUT2D eigenvalue weighted by atomic mass is 10.2. The van der Waals surface area contributed by atoms with Crippen molar-refractivity contribution >= 4 is 35.8 Å². The molecule has 2 saturated heterocycles. The van der Waals surface area contributed by atoms with Crippen LogP contribution in [0.2, 0.25) is 0 Å². The molecule has 2 aliphatic heterocycles. The Kier molecular flexibility index (Phi) is 10.2. The Labute approximate surface area is 183 Å². The molecule has 2 fully saturated rings. The van der Waals surface area contributed by atoms with Crippen LogP contribution in [0.1, 0.15) is 25.7 Å². The summed E-state index contributed by atoms with van der Waals surface area (Å²) in [5.74, 6) is 0.916. The van der Waals surface area contributed by atoms with Crippen molar-refractivity contribution in [2.45, 2.75) is 37.8 Å². The zero-order valence-electron chi connectivity index (χ0n) is 16.4. The molecule has 0 aliphatic carbocycles. The molecule has 0 aromatic carbocycles. The fraction of sp³-hybridized carbons (Fsp3) is 0.684. The largest absolute Gasteiger partial charge is 0.379 e. The molecule has 28 heavy (non-hydrogen) atoms. The SMILES string of the molecule is CN=C(NCCCOCC1CCCO1)NC1CCN(c2ncccc2F)C1.I. The summed E-state index contributed by atoms with van der Waals surface area (Å²) >= 11 is 0. The summed E-state index contributed by atoms with van der Waals surface area (Å²) in [7, 11) is 1.76. The lowest BCUT2D eigenvalue weighted by Crippen LogP contribution is -2.45. The van der Waals surface area contributed by atoms with E-state index in [0.29, 0.717) is 25.6 Å². The van der Waals surface area contributed by atoms with Crippen molar-refractivity contribution in [3.63, 3.8) is 0 Å². The van der Waals surface area contributed by atoms with E-state index in [1.54, 1.807) is 19.3 Å². The third-order valence-corrected chi connectivity index (χ3v) is 4.88. The molecule has 2 aliphatic rings. The molecule has 3 heterocycles. The highest BCUT2D eigenvalue weighted by atomic mass is 127. The minimum absolute atomic E-state index is 0. The number of guanidine groups is 1. The number of hydrogen-bond donors (Lipinski definition) is 2. The molecular weight excluding hydrogens is 476 g/mol. The molecule has 0 spiro atoms. The van der Waals surface area contributed by atoms with E-state index in [0.717, 1.165) is 51.3 Å². The van der Waals surface area contributed by atoms with E-state index in [2.05, 4.69) is 20.6 Å². The van der Waals surface area contributed by atoms with Gasteiger partial charge in [0.05, 0.1) is 12.7 Å². The van der Waals surface area contributed by atoms with E-state index in [4.69, 9.17) is 9.47 Å². The van der Waals surface area contributed by atoms with Crippen molar-refractivity contribution < 1.29 is 13.9 Å². The number of rotatable bonds is 8. The van der Waals surface area contributed by atoms with Gasteiger partial charge in [-0.2, -0.15) is 0 Å². The molecule has 9 heteroatoms. The fourth-order valence-electron chi connectivity index (χ4n) is 3.44. The molecule has 2 unspecified atom stereocenters. The van der Waals surface area contributed by atoms with Gasteiger partial charge in [0.2, 0.25) is 0 Å². The molecule has 0 bridgehead atoms. The average molecular weight is 507 g/mol. The van der Waals surface area contributed by atoms with Crippen LogP contribution in [0.5, 0.6) is 0 Å². The second-order valence-electron chi connectivity index (χ2n) is 6.95. The smallest absolute Gasteiger partial charge is 0.191 e. The minimum atomic E-state index is -0.274. The maximum atomic E-state index is 13.9. The van der Waals surface area contributed by atoms with E-state index in [-0.39, 0.29) is 41.9 Å². The van der Waals surface area contributed by atoms with Crippen LogP contribution in [0.4, 0.5) is 10.2 Å². The summed E-state index contributed by atoms with van der Waals surface area (Å²) in [4.78, 5) is 10.4. The lowest BCUT2D eigenvalue weighted by Gasteiger charge is -2.20. The first-order valence-corrected chi connectivity index (χ1v) is 9.78. The monoisotopic (exact) mass is 507 g/mol. The van der Waals surface area contributed by atoms with Crippen LogP contribution in [-0.2, 0) is 9.47 Å². The van der Waals surface area contributed by atoms with Crippen molar-refractivity contribution in [3.8, 4) is 0 Å². The molecule has 2 N–H and O–H groups in total. The highest BCUT2D eigenvalue weighted by Gasteiger charge is 2.25. The molecule has 7 nitrogen and oxygen atoms in total. The number of aromatic nitrogens is 1. The van der Waals surface area contributed by atoms with E-state index < -0.39 is 0 Å². The zero-order chi connectivity index (χ0) is 18.9. The van der Waals surface area contributed by atoms with E-state index in [1.807, 2.05) is 4.90 Å². The molecule has 158 valence electrons. The number of ether oxygens (including phenoxy) is 2. The summed E-state index contributed by atoms with van der Waals surface area (Å²) < 4.78 is 25.1. The molecule has 0 amide bonds. The first kappa shape index (κ1) is 23.1. The van der Waals surface area contributed by atoms with Gasteiger partial charge in [0.1, 0.15) is 0 Å². The lowest BCUT2D eigenvalue weighted by molar-refractivity contribution is 0.0168. The van der Waals surface area contributed by atoms with E-state index in [1.165, 1.54) is 6.07 Å². The minimum Gasteiger partial charge on any atom is -0.379 e. The topological polar surface area (TPSA) is 71.0 Å². The number of nitrogens with zero attached hydrogens (tertiary/aromatic N) is 3. The van der Waals surface area contributed by atoms with E-state index in [9.17, 15) is 4.39 Å². The van der Waals surface area contributed by atoms with Crippen molar-refractivity contribution in [1.82, 2.24) is 15.6 Å². The van der Waals surface area contributed by atoms with E-state index >= 15 is 0 Å². The average Bonchev–Trinajstić information content (AvgIpc) is 3.36. The molecular formula is C19H31FIN5O2. The van der Waals surface area contributed by atoms with Crippen molar-refractivity contribution in [2.24, 2.45) is 4.99 Å². The molecule has 1 aromatic rings. The summed E-state index contributed by atoms with van der Waals surface area (Å²) in [6.45, 7) is 4.54. The fourth-order valence-corrected chi connectivity index (χ4v) is 3.44. The maximum absolute atomic E-state index is 13.9. The third-order valence-electron chi connectivity index (χ3n) is 4.88. The van der Waals surface area contributed by atoms with Gasteiger partial charge in [0, 0.05) is 52.1 Å². The first-order valence-electron chi connectivity index (χ1n) is 9.78. The second-order valence-corrected chi connectivity index (χ2v) is 6.95. The van der Waals surface area contributed by atoms with Gasteiger partial charge in [-0.15, -0.1) is 24.0 Å². The van der Waals surface area contributed by atoms with Crippen molar-refractivity contribution in [3.05, 3.63) is 24.1 Å². The van der Waals surface area contributed by atoms with Gasteiger partial charge in [-0.3, -0.25) is 4.99 Å². The second kappa shape index (κ2) is 12.4. The predicted octanol–water partition coefficient (Wildman–Crippen LogP) is 2.17. The van der Waals surface area contributed by atoms with Gasteiger partial charge in [0.15, 0.2) is 17.6 Å². The Morgan fingerprint density at radius 1 is 1.46 bits per heavy atom. The summed E-state index contributed by atoms with van der Waals surface area (Å²) in [5, 5.41) is 6.72. The van der Waals surface area contributed by atoms with Gasteiger partial charge >= 0.3 is 0 Å². The molecule has 0 saturated carbocycles. The Bertz CT molecular complexity index is 616. The van der Waals surface area contributed by atoms with Crippen LogP contribution < -0.4 is 15.5 Å². The van der Waals surface area contributed by atoms with Gasteiger partial charge in [-0.05, 0) is 37.8 Å². The Balaban J connectivity index is 0.00000280. The number of hydrogen-bond acceptors (Lipinski definition) is 5. The highest BCUT2D eigenvalue weighted by Crippen LogP contribution is 2.20. The number of anilines is 1. The van der Waals surface area contributed by atoms with Crippen LogP contribution in [0.3, 0.4) is 0 Å². The van der Waals surface area contributed by atoms with Crippen LogP contribution in [-0.4, -0.2) is 69.6 Å². The number of nitrogens with one attached hydrogen (secondary N) is 2. The standard InChI is InChI=1S/C19H30FN5O2.HI/c1-21-19(23-9-4-11-26-14-16-5-3-12-27-16)24-15-7-10-25(13-15)18-17(20)6-2-8-22-18;/h2,6,8,15-16H,3-5,7,9-14H2,1H3,(H2,21,23,24);1H.